The van der Waals surface area contributed by atoms with Gasteiger partial charge in [-0.3, -0.25) is 4.79 Å². The van der Waals surface area contributed by atoms with Gasteiger partial charge in [-0.25, -0.2) is 4.98 Å². The molecule has 0 bridgehead atoms. The van der Waals surface area contributed by atoms with Gasteiger partial charge in [0.2, 0.25) is 5.89 Å². The van der Waals surface area contributed by atoms with Gasteiger partial charge in [0.1, 0.15) is 11.3 Å². The number of esters is 1. The van der Waals surface area contributed by atoms with Crippen molar-refractivity contribution >= 4 is 17.1 Å². The van der Waals surface area contributed by atoms with Crippen LogP contribution in [0.15, 0.2) is 52.9 Å². The van der Waals surface area contributed by atoms with E-state index in [1.807, 2.05) is 36.4 Å². The predicted molar refractivity (Wildman–Crippen MR) is 96.3 cm³/mol. The smallest absolute Gasteiger partial charge is 0.311 e. The molecule has 0 spiro atoms. The first-order chi connectivity index (χ1) is 12.3. The molecular formula is C21H21NO3. The highest BCUT2D eigenvalue weighted by molar-refractivity contribution is 5.79. The van der Waals surface area contributed by atoms with E-state index in [2.05, 4.69) is 4.98 Å². The maximum Gasteiger partial charge on any atom is 0.311 e. The summed E-state index contributed by atoms with van der Waals surface area (Å²) < 4.78 is 11.3. The summed E-state index contributed by atoms with van der Waals surface area (Å²) in [5, 5.41) is 0. The molecule has 0 saturated heterocycles. The second-order valence-corrected chi connectivity index (χ2v) is 6.70. The molecule has 2 aromatic carbocycles. The highest BCUT2D eigenvalue weighted by Gasteiger charge is 2.18. The number of carbonyl (C=O) groups excluding carboxylic acids is 1. The molecule has 1 aromatic heterocycles. The van der Waals surface area contributed by atoms with Gasteiger partial charge in [0.25, 0.3) is 0 Å². The summed E-state index contributed by atoms with van der Waals surface area (Å²) in [7, 11) is 0. The van der Waals surface area contributed by atoms with Crippen molar-refractivity contribution in [3.63, 3.8) is 0 Å². The minimum absolute atomic E-state index is 0.158. The van der Waals surface area contributed by atoms with Crippen molar-refractivity contribution in [2.75, 3.05) is 0 Å². The molecule has 0 N–H and O–H groups in total. The van der Waals surface area contributed by atoms with Crippen LogP contribution in [0.4, 0.5) is 0 Å². The van der Waals surface area contributed by atoms with E-state index in [-0.39, 0.29) is 5.97 Å². The van der Waals surface area contributed by atoms with E-state index in [1.54, 1.807) is 12.1 Å². The zero-order chi connectivity index (χ0) is 17.1. The van der Waals surface area contributed by atoms with Crippen LogP contribution in [0.2, 0.25) is 0 Å². The van der Waals surface area contributed by atoms with Gasteiger partial charge in [-0.1, -0.05) is 37.5 Å². The number of hydrogen-bond donors (Lipinski definition) is 0. The van der Waals surface area contributed by atoms with E-state index in [9.17, 15) is 4.79 Å². The Morgan fingerprint density at radius 1 is 1.08 bits per heavy atom. The van der Waals surface area contributed by atoms with Crippen LogP contribution >= 0.6 is 0 Å². The van der Waals surface area contributed by atoms with Crippen LogP contribution in [0.5, 0.6) is 5.75 Å². The number of hydrogen-bond acceptors (Lipinski definition) is 4. The molecule has 1 saturated carbocycles. The molecular weight excluding hydrogens is 314 g/mol. The van der Waals surface area contributed by atoms with Crippen LogP contribution in [-0.2, 0) is 4.79 Å². The van der Waals surface area contributed by atoms with E-state index >= 15 is 0 Å². The van der Waals surface area contributed by atoms with Crippen LogP contribution in [-0.4, -0.2) is 11.0 Å². The molecule has 128 valence electrons. The lowest BCUT2D eigenvalue weighted by molar-refractivity contribution is -0.135. The van der Waals surface area contributed by atoms with Crippen molar-refractivity contribution in [1.82, 2.24) is 4.98 Å². The standard InChI is InChI=1S/C21H21NO3/c23-20(13-15-7-3-1-4-8-15)24-17-11-12-18-19(14-17)25-21(22-18)16-9-5-2-6-10-16/h2,5-6,9-12,14-15H,1,3-4,7-8,13H2. The first-order valence-corrected chi connectivity index (χ1v) is 8.94. The summed E-state index contributed by atoms with van der Waals surface area (Å²) in [4.78, 5) is 16.7. The molecule has 0 amide bonds. The van der Waals surface area contributed by atoms with Crippen molar-refractivity contribution in [3.05, 3.63) is 48.5 Å². The van der Waals surface area contributed by atoms with Crippen LogP contribution in [0, 0.1) is 5.92 Å². The second-order valence-electron chi connectivity index (χ2n) is 6.70. The SMILES string of the molecule is O=C(CC1CCCCC1)Oc1ccc2nc(-c3ccccc3)oc2c1. The fourth-order valence-corrected chi connectivity index (χ4v) is 3.47. The quantitative estimate of drug-likeness (QED) is 0.475. The molecule has 0 unspecified atom stereocenters. The van der Waals surface area contributed by atoms with E-state index in [4.69, 9.17) is 9.15 Å². The zero-order valence-corrected chi connectivity index (χ0v) is 14.1. The van der Waals surface area contributed by atoms with Crippen LogP contribution < -0.4 is 4.74 Å². The molecule has 4 heteroatoms. The molecule has 1 aliphatic rings. The fraction of sp³-hybridized carbons (Fsp3) is 0.333. The van der Waals surface area contributed by atoms with E-state index in [0.29, 0.717) is 29.6 Å². The monoisotopic (exact) mass is 335 g/mol. The van der Waals surface area contributed by atoms with Crippen LogP contribution in [0.25, 0.3) is 22.6 Å². The highest BCUT2D eigenvalue weighted by atomic mass is 16.5. The molecule has 0 atom stereocenters. The van der Waals surface area contributed by atoms with Gasteiger partial charge >= 0.3 is 5.97 Å². The highest BCUT2D eigenvalue weighted by Crippen LogP contribution is 2.29. The molecule has 0 radical (unpaired) electrons. The second kappa shape index (κ2) is 7.09. The molecule has 4 nitrogen and oxygen atoms in total. The number of oxazole rings is 1. The Labute approximate surface area is 146 Å². The number of nitrogens with zero attached hydrogens (tertiary/aromatic N) is 1. The normalized spacial score (nSPS) is 15.4. The first-order valence-electron chi connectivity index (χ1n) is 8.94. The Hall–Kier alpha value is -2.62. The number of rotatable bonds is 4. The van der Waals surface area contributed by atoms with Gasteiger partial charge in [0.15, 0.2) is 5.58 Å². The summed E-state index contributed by atoms with van der Waals surface area (Å²) in [6, 6.07) is 15.1. The van der Waals surface area contributed by atoms with E-state index in [0.717, 1.165) is 23.9 Å². The maximum absolute atomic E-state index is 12.2. The average molecular weight is 335 g/mol. The summed E-state index contributed by atoms with van der Waals surface area (Å²) in [5.41, 5.74) is 2.31. The Bertz CT molecular complexity index is 863. The van der Waals surface area contributed by atoms with Gasteiger partial charge in [-0.15, -0.1) is 0 Å². The minimum Gasteiger partial charge on any atom is -0.436 e. The Balaban J connectivity index is 1.48. The van der Waals surface area contributed by atoms with Gasteiger partial charge in [-0.2, -0.15) is 0 Å². The lowest BCUT2D eigenvalue weighted by Crippen LogP contribution is -2.16. The van der Waals surface area contributed by atoms with Crippen LogP contribution in [0.3, 0.4) is 0 Å². The third-order valence-corrected chi connectivity index (χ3v) is 4.79. The van der Waals surface area contributed by atoms with Crippen LogP contribution in [0.1, 0.15) is 38.5 Å². The number of fused-ring (bicyclic) bond motifs is 1. The zero-order valence-electron chi connectivity index (χ0n) is 14.1. The van der Waals surface area contributed by atoms with Gasteiger partial charge < -0.3 is 9.15 Å². The molecule has 3 aromatic rings. The summed E-state index contributed by atoms with van der Waals surface area (Å²) in [5.74, 6) is 1.40. The Kier molecular flexibility index (Phi) is 4.51. The third kappa shape index (κ3) is 3.73. The molecule has 4 rings (SSSR count). The van der Waals surface area contributed by atoms with Crippen molar-refractivity contribution in [3.8, 4) is 17.2 Å². The average Bonchev–Trinajstić information content (AvgIpc) is 3.06. The fourth-order valence-electron chi connectivity index (χ4n) is 3.47. The number of benzene rings is 2. The largest absolute Gasteiger partial charge is 0.436 e. The number of ether oxygens (including phenoxy) is 1. The van der Waals surface area contributed by atoms with E-state index < -0.39 is 0 Å². The number of aromatic nitrogens is 1. The summed E-state index contributed by atoms with van der Waals surface area (Å²) >= 11 is 0. The lowest BCUT2D eigenvalue weighted by atomic mass is 9.87. The van der Waals surface area contributed by atoms with Gasteiger partial charge in [0.05, 0.1) is 0 Å². The molecule has 1 aliphatic carbocycles. The van der Waals surface area contributed by atoms with E-state index in [1.165, 1.54) is 19.3 Å². The molecule has 1 heterocycles. The Morgan fingerprint density at radius 2 is 1.88 bits per heavy atom. The molecule has 25 heavy (non-hydrogen) atoms. The summed E-state index contributed by atoms with van der Waals surface area (Å²) in [6.07, 6.45) is 6.52. The first kappa shape index (κ1) is 15.9. The number of carbonyl (C=O) groups is 1. The van der Waals surface area contributed by atoms with Crippen molar-refractivity contribution in [2.24, 2.45) is 5.92 Å². The topological polar surface area (TPSA) is 52.3 Å². The van der Waals surface area contributed by atoms with Crippen molar-refractivity contribution in [1.29, 1.82) is 0 Å². The van der Waals surface area contributed by atoms with Crippen molar-refractivity contribution in [2.45, 2.75) is 38.5 Å². The molecule has 0 aliphatic heterocycles. The van der Waals surface area contributed by atoms with Crippen molar-refractivity contribution < 1.29 is 13.9 Å². The summed E-state index contributed by atoms with van der Waals surface area (Å²) in [6.45, 7) is 0. The maximum atomic E-state index is 12.2. The minimum atomic E-state index is -0.158. The predicted octanol–water partition coefficient (Wildman–Crippen LogP) is 5.37. The lowest BCUT2D eigenvalue weighted by Gasteiger charge is -2.20. The van der Waals surface area contributed by atoms with Gasteiger partial charge in [0, 0.05) is 18.1 Å². The Morgan fingerprint density at radius 3 is 2.68 bits per heavy atom. The molecule has 1 fully saturated rings. The third-order valence-electron chi connectivity index (χ3n) is 4.79. The van der Waals surface area contributed by atoms with Gasteiger partial charge in [-0.05, 0) is 43.0 Å².